The molecule has 0 amide bonds. The molecule has 0 bridgehead atoms. The predicted molar refractivity (Wildman–Crippen MR) is 75.8 cm³/mol. The van der Waals surface area contributed by atoms with Crippen molar-refractivity contribution in [2.24, 2.45) is 5.84 Å². The number of hydrogen-bond acceptors (Lipinski definition) is 3. The molecule has 0 saturated carbocycles. The highest BCUT2D eigenvalue weighted by Crippen LogP contribution is 2.34. The van der Waals surface area contributed by atoms with Crippen LogP contribution in [0.5, 0.6) is 0 Å². The highest BCUT2D eigenvalue weighted by molar-refractivity contribution is 6.31. The van der Waals surface area contributed by atoms with E-state index in [9.17, 15) is 4.39 Å². The molecule has 3 rings (SSSR count). The maximum atomic E-state index is 14.0. The van der Waals surface area contributed by atoms with E-state index < -0.39 is 5.82 Å². The van der Waals surface area contributed by atoms with Crippen molar-refractivity contribution in [1.29, 1.82) is 0 Å². The first-order valence-electron chi connectivity index (χ1n) is 6.48. The molecule has 0 fully saturated rings. The number of nitrogen functional groups attached to an aromatic ring is 1. The summed E-state index contributed by atoms with van der Waals surface area (Å²) in [6.07, 6.45) is 5.16. The third-order valence-corrected chi connectivity index (χ3v) is 3.90. The minimum absolute atomic E-state index is 0.345. The van der Waals surface area contributed by atoms with E-state index in [0.717, 1.165) is 42.6 Å². The number of aromatic nitrogens is 1. The van der Waals surface area contributed by atoms with Crippen molar-refractivity contribution < 1.29 is 4.39 Å². The summed E-state index contributed by atoms with van der Waals surface area (Å²) in [6, 6.07) is 3.01. The lowest BCUT2D eigenvalue weighted by atomic mass is 10.0. The number of nitrogens with one attached hydrogen (secondary N) is 1. The van der Waals surface area contributed by atoms with Crippen LogP contribution in [0.4, 0.5) is 10.1 Å². The Labute approximate surface area is 115 Å². The standard InChI is InChI=1S/C14H15ClFN3/c15-8-6-10-13(19-17)9-4-2-1-3-5-12(9)18-14(10)11(16)7-8/h6-7H,1-5,17H2,(H,18,19). The fraction of sp³-hybridized carbons (Fsp3) is 0.357. The third kappa shape index (κ3) is 2.15. The molecular formula is C14H15ClFN3. The van der Waals surface area contributed by atoms with Crippen LogP contribution < -0.4 is 11.3 Å². The first-order chi connectivity index (χ1) is 9.20. The molecule has 3 nitrogen and oxygen atoms in total. The maximum absolute atomic E-state index is 14.0. The van der Waals surface area contributed by atoms with Gasteiger partial charge in [-0.2, -0.15) is 0 Å². The van der Waals surface area contributed by atoms with Gasteiger partial charge in [0.1, 0.15) is 5.52 Å². The van der Waals surface area contributed by atoms with E-state index in [-0.39, 0.29) is 0 Å². The lowest BCUT2D eigenvalue weighted by molar-refractivity contribution is 0.636. The fourth-order valence-electron chi connectivity index (χ4n) is 2.79. The summed E-state index contributed by atoms with van der Waals surface area (Å²) < 4.78 is 14.0. The first kappa shape index (κ1) is 12.6. The number of nitrogens with two attached hydrogens (primary N) is 1. The van der Waals surface area contributed by atoms with Gasteiger partial charge in [0.25, 0.3) is 0 Å². The van der Waals surface area contributed by atoms with Gasteiger partial charge in [0.2, 0.25) is 0 Å². The molecule has 0 spiro atoms. The molecule has 0 aliphatic heterocycles. The van der Waals surface area contributed by atoms with Crippen LogP contribution in [0.15, 0.2) is 12.1 Å². The molecule has 1 aliphatic rings. The summed E-state index contributed by atoms with van der Waals surface area (Å²) in [5.41, 5.74) is 5.89. The van der Waals surface area contributed by atoms with Gasteiger partial charge in [-0.3, -0.25) is 5.84 Å². The Morgan fingerprint density at radius 2 is 2.00 bits per heavy atom. The molecule has 0 atom stereocenters. The molecule has 0 radical (unpaired) electrons. The number of halogens is 2. The summed E-state index contributed by atoms with van der Waals surface area (Å²) in [6.45, 7) is 0. The van der Waals surface area contributed by atoms with Crippen molar-refractivity contribution in [2.75, 3.05) is 5.43 Å². The van der Waals surface area contributed by atoms with Crippen molar-refractivity contribution >= 4 is 28.2 Å². The van der Waals surface area contributed by atoms with E-state index >= 15 is 0 Å². The minimum Gasteiger partial charge on any atom is -0.323 e. The number of benzene rings is 1. The largest absolute Gasteiger partial charge is 0.323 e. The number of nitrogens with zero attached hydrogens (tertiary/aromatic N) is 1. The van der Waals surface area contributed by atoms with Gasteiger partial charge in [-0.05, 0) is 43.4 Å². The zero-order chi connectivity index (χ0) is 13.4. The molecule has 3 N–H and O–H groups in total. The van der Waals surface area contributed by atoms with Crippen molar-refractivity contribution in [3.05, 3.63) is 34.2 Å². The highest BCUT2D eigenvalue weighted by Gasteiger charge is 2.18. The second-order valence-electron chi connectivity index (χ2n) is 4.90. The summed E-state index contributed by atoms with van der Waals surface area (Å²) in [5, 5.41) is 1.02. The van der Waals surface area contributed by atoms with E-state index in [2.05, 4.69) is 10.4 Å². The molecule has 100 valence electrons. The Balaban J connectivity index is 2.36. The van der Waals surface area contributed by atoms with Gasteiger partial charge < -0.3 is 5.43 Å². The van der Waals surface area contributed by atoms with Gasteiger partial charge in [0.15, 0.2) is 5.82 Å². The van der Waals surface area contributed by atoms with Crippen LogP contribution in [-0.4, -0.2) is 4.98 Å². The smallest absolute Gasteiger partial charge is 0.150 e. The molecule has 1 aliphatic carbocycles. The zero-order valence-electron chi connectivity index (χ0n) is 10.5. The summed E-state index contributed by atoms with van der Waals surface area (Å²) in [5.74, 6) is 5.25. The molecule has 2 aromatic rings. The third-order valence-electron chi connectivity index (χ3n) is 3.68. The van der Waals surface area contributed by atoms with E-state index in [1.165, 1.54) is 12.5 Å². The second-order valence-corrected chi connectivity index (χ2v) is 5.34. The van der Waals surface area contributed by atoms with Crippen LogP contribution >= 0.6 is 11.6 Å². The van der Waals surface area contributed by atoms with E-state index in [1.54, 1.807) is 6.07 Å². The molecule has 1 aromatic carbocycles. The summed E-state index contributed by atoms with van der Waals surface area (Å²) >= 11 is 5.93. The van der Waals surface area contributed by atoms with Crippen LogP contribution in [0.25, 0.3) is 10.9 Å². The van der Waals surface area contributed by atoms with Crippen molar-refractivity contribution in [1.82, 2.24) is 4.98 Å². The second kappa shape index (κ2) is 4.94. The monoisotopic (exact) mass is 279 g/mol. The summed E-state index contributed by atoms with van der Waals surface area (Å²) in [7, 11) is 0. The van der Waals surface area contributed by atoms with Gasteiger partial charge in [-0.25, -0.2) is 9.37 Å². The number of hydrogen-bond donors (Lipinski definition) is 2. The van der Waals surface area contributed by atoms with Crippen LogP contribution in [0.3, 0.4) is 0 Å². The Hall–Kier alpha value is -1.39. The number of hydrazine groups is 1. The molecular weight excluding hydrogens is 265 g/mol. The topological polar surface area (TPSA) is 50.9 Å². The van der Waals surface area contributed by atoms with E-state index in [0.29, 0.717) is 15.9 Å². The zero-order valence-corrected chi connectivity index (χ0v) is 11.2. The first-order valence-corrected chi connectivity index (χ1v) is 6.85. The van der Waals surface area contributed by atoms with Gasteiger partial charge in [0, 0.05) is 16.1 Å². The Morgan fingerprint density at radius 3 is 2.79 bits per heavy atom. The van der Waals surface area contributed by atoms with Crippen molar-refractivity contribution in [3.8, 4) is 0 Å². The Bertz CT molecular complexity index is 642. The van der Waals surface area contributed by atoms with Crippen molar-refractivity contribution in [2.45, 2.75) is 32.1 Å². The van der Waals surface area contributed by atoms with Crippen LogP contribution in [0.1, 0.15) is 30.5 Å². The van der Waals surface area contributed by atoms with Crippen molar-refractivity contribution in [3.63, 3.8) is 0 Å². The molecule has 19 heavy (non-hydrogen) atoms. The minimum atomic E-state index is -0.397. The quantitative estimate of drug-likeness (QED) is 0.476. The van der Waals surface area contributed by atoms with Gasteiger partial charge in [-0.1, -0.05) is 18.0 Å². The van der Waals surface area contributed by atoms with Crippen LogP contribution in [0, 0.1) is 5.82 Å². The molecule has 1 heterocycles. The SMILES string of the molecule is NNc1c2c(nc3c(F)cc(Cl)cc13)CCCCC2. The average molecular weight is 280 g/mol. The van der Waals surface area contributed by atoms with E-state index in [4.69, 9.17) is 17.4 Å². The average Bonchev–Trinajstić information content (AvgIpc) is 2.61. The normalized spacial score (nSPS) is 15.1. The summed E-state index contributed by atoms with van der Waals surface area (Å²) in [4.78, 5) is 4.50. The maximum Gasteiger partial charge on any atom is 0.150 e. The van der Waals surface area contributed by atoms with Gasteiger partial charge in [0.05, 0.1) is 5.69 Å². The predicted octanol–water partition coefficient (Wildman–Crippen LogP) is 3.58. The Morgan fingerprint density at radius 1 is 1.21 bits per heavy atom. The number of anilines is 1. The molecule has 5 heteroatoms. The molecule has 0 unspecified atom stereocenters. The van der Waals surface area contributed by atoms with Gasteiger partial charge in [-0.15, -0.1) is 0 Å². The molecule has 1 aromatic heterocycles. The number of rotatable bonds is 1. The van der Waals surface area contributed by atoms with Crippen LogP contribution in [0.2, 0.25) is 5.02 Å². The lowest BCUT2D eigenvalue weighted by Crippen LogP contribution is -2.12. The lowest BCUT2D eigenvalue weighted by Gasteiger charge is -2.15. The Kier molecular flexibility index (Phi) is 3.29. The van der Waals surface area contributed by atoms with Crippen LogP contribution in [-0.2, 0) is 12.8 Å². The fourth-order valence-corrected chi connectivity index (χ4v) is 3.00. The molecule has 0 saturated heterocycles. The highest BCUT2D eigenvalue weighted by atomic mass is 35.5. The number of pyridine rings is 1. The number of aryl methyl sites for hydroxylation is 1. The van der Waals surface area contributed by atoms with E-state index in [1.807, 2.05) is 0 Å². The number of fused-ring (bicyclic) bond motifs is 2. The van der Waals surface area contributed by atoms with Gasteiger partial charge >= 0.3 is 0 Å².